The second-order valence-corrected chi connectivity index (χ2v) is 5.90. The van der Waals surface area contributed by atoms with Crippen LogP contribution >= 0.6 is 11.6 Å². The number of rotatable bonds is 6. The van der Waals surface area contributed by atoms with Crippen molar-refractivity contribution in [2.45, 2.75) is 6.92 Å². The maximum Gasteiger partial charge on any atom is 0.338 e. The number of furan rings is 1. The van der Waals surface area contributed by atoms with E-state index in [2.05, 4.69) is 15.5 Å². The Morgan fingerprint density at radius 1 is 1.21 bits per heavy atom. The lowest BCUT2D eigenvalue weighted by molar-refractivity contribution is 0.0526. The largest absolute Gasteiger partial charge is 0.462 e. The van der Waals surface area contributed by atoms with Gasteiger partial charge in [-0.1, -0.05) is 23.7 Å². The molecule has 0 radical (unpaired) electrons. The molecule has 8 heteroatoms. The van der Waals surface area contributed by atoms with E-state index in [0.717, 1.165) is 5.56 Å². The highest BCUT2D eigenvalue weighted by Crippen LogP contribution is 2.22. The minimum absolute atomic E-state index is 0.0988. The van der Waals surface area contributed by atoms with Crippen LogP contribution in [0.15, 0.2) is 64.2 Å². The van der Waals surface area contributed by atoms with E-state index >= 15 is 0 Å². The van der Waals surface area contributed by atoms with Crippen LogP contribution in [-0.2, 0) is 4.74 Å². The molecule has 0 saturated carbocycles. The summed E-state index contributed by atoms with van der Waals surface area (Å²) in [6.45, 7) is 2.08. The molecule has 0 saturated heterocycles. The number of nitrogens with one attached hydrogen (secondary N) is 1. The molecular formula is C20H16ClN3O4. The Hall–Kier alpha value is -3.45. The van der Waals surface area contributed by atoms with Crippen molar-refractivity contribution in [2.75, 3.05) is 6.61 Å². The normalized spacial score (nSPS) is 10.8. The standard InChI is InChI=1S/C20H16ClN3O4/c1-2-27-20(26)14-7-5-13(6-8-14)17-10-9-15(28-17)12-23-24-19(25)16-4-3-11-22-18(16)21/h3-12H,2H2,1H3,(H,24,25). The Balaban J connectivity index is 1.64. The molecule has 1 aromatic carbocycles. The van der Waals surface area contributed by atoms with E-state index in [9.17, 15) is 9.59 Å². The van der Waals surface area contributed by atoms with E-state index in [0.29, 0.717) is 23.7 Å². The maximum atomic E-state index is 12.0. The number of hydrazone groups is 1. The third kappa shape index (κ3) is 4.63. The first-order valence-electron chi connectivity index (χ1n) is 8.40. The van der Waals surface area contributed by atoms with Crippen LogP contribution < -0.4 is 5.43 Å². The van der Waals surface area contributed by atoms with Gasteiger partial charge in [-0.15, -0.1) is 0 Å². The zero-order valence-electron chi connectivity index (χ0n) is 14.9. The average molecular weight is 398 g/mol. The minimum Gasteiger partial charge on any atom is -0.462 e. The number of nitrogens with zero attached hydrogens (tertiary/aromatic N) is 2. The molecule has 1 amide bonds. The molecule has 2 heterocycles. The van der Waals surface area contributed by atoms with Crippen molar-refractivity contribution in [3.63, 3.8) is 0 Å². The third-order valence-electron chi connectivity index (χ3n) is 3.67. The lowest BCUT2D eigenvalue weighted by Crippen LogP contribution is -2.18. The van der Waals surface area contributed by atoms with Crippen molar-refractivity contribution >= 4 is 29.7 Å². The van der Waals surface area contributed by atoms with Gasteiger partial charge in [-0.3, -0.25) is 4.79 Å². The molecule has 28 heavy (non-hydrogen) atoms. The lowest BCUT2D eigenvalue weighted by Gasteiger charge is -2.02. The van der Waals surface area contributed by atoms with Gasteiger partial charge in [0, 0.05) is 11.8 Å². The maximum absolute atomic E-state index is 12.0. The summed E-state index contributed by atoms with van der Waals surface area (Å²) in [7, 11) is 0. The summed E-state index contributed by atoms with van der Waals surface area (Å²) < 4.78 is 10.6. The lowest BCUT2D eigenvalue weighted by atomic mass is 10.1. The fourth-order valence-corrected chi connectivity index (χ4v) is 2.54. The van der Waals surface area contributed by atoms with Crippen molar-refractivity contribution in [3.8, 4) is 11.3 Å². The van der Waals surface area contributed by atoms with Gasteiger partial charge in [0.05, 0.1) is 23.9 Å². The first-order valence-corrected chi connectivity index (χ1v) is 8.77. The number of carbonyl (C=O) groups excluding carboxylic acids is 2. The van der Waals surface area contributed by atoms with E-state index in [-0.39, 0.29) is 16.7 Å². The van der Waals surface area contributed by atoms with E-state index in [1.807, 2.05) is 0 Å². The van der Waals surface area contributed by atoms with Crippen molar-refractivity contribution in [3.05, 3.63) is 76.8 Å². The number of hydrogen-bond acceptors (Lipinski definition) is 6. The molecule has 2 aromatic heterocycles. The molecular weight excluding hydrogens is 382 g/mol. The van der Waals surface area contributed by atoms with Gasteiger partial charge in [0.1, 0.15) is 16.7 Å². The fraction of sp³-hybridized carbons (Fsp3) is 0.100. The summed E-state index contributed by atoms with van der Waals surface area (Å²) in [5, 5.41) is 3.96. The van der Waals surface area contributed by atoms with E-state index < -0.39 is 5.91 Å². The van der Waals surface area contributed by atoms with Gasteiger partial charge in [0.15, 0.2) is 0 Å². The number of esters is 1. The van der Waals surface area contributed by atoms with Crippen LogP contribution in [0.5, 0.6) is 0 Å². The zero-order valence-corrected chi connectivity index (χ0v) is 15.6. The molecule has 3 rings (SSSR count). The molecule has 0 fully saturated rings. The van der Waals surface area contributed by atoms with Gasteiger partial charge < -0.3 is 9.15 Å². The number of ether oxygens (including phenoxy) is 1. The van der Waals surface area contributed by atoms with Gasteiger partial charge in [-0.05, 0) is 43.3 Å². The highest BCUT2D eigenvalue weighted by molar-refractivity contribution is 6.32. The molecule has 7 nitrogen and oxygen atoms in total. The summed E-state index contributed by atoms with van der Waals surface area (Å²) in [4.78, 5) is 27.5. The minimum atomic E-state index is -0.476. The Morgan fingerprint density at radius 2 is 2.00 bits per heavy atom. The molecule has 3 aromatic rings. The predicted molar refractivity (Wildman–Crippen MR) is 104 cm³/mol. The van der Waals surface area contributed by atoms with Crippen molar-refractivity contribution < 1.29 is 18.7 Å². The molecule has 0 bridgehead atoms. The SMILES string of the molecule is CCOC(=O)c1ccc(-c2ccc(C=NNC(=O)c3cccnc3Cl)o2)cc1. The zero-order chi connectivity index (χ0) is 19.9. The summed E-state index contributed by atoms with van der Waals surface area (Å²) in [5.41, 5.74) is 3.85. The molecule has 0 unspecified atom stereocenters. The Morgan fingerprint density at radius 3 is 2.71 bits per heavy atom. The van der Waals surface area contributed by atoms with Crippen LogP contribution in [-0.4, -0.2) is 29.7 Å². The van der Waals surface area contributed by atoms with E-state index in [4.69, 9.17) is 20.8 Å². The van der Waals surface area contributed by atoms with Gasteiger partial charge in [0.2, 0.25) is 0 Å². The molecule has 0 spiro atoms. The molecule has 142 valence electrons. The number of benzene rings is 1. The van der Waals surface area contributed by atoms with Gasteiger partial charge in [-0.2, -0.15) is 5.10 Å². The van der Waals surface area contributed by atoms with Crippen LogP contribution in [0.4, 0.5) is 0 Å². The predicted octanol–water partition coefficient (Wildman–Crippen LogP) is 3.94. The first-order chi connectivity index (χ1) is 13.6. The molecule has 1 N–H and O–H groups in total. The summed E-state index contributed by atoms with van der Waals surface area (Å²) in [6.07, 6.45) is 2.87. The first kappa shape index (κ1) is 19.3. The second-order valence-electron chi connectivity index (χ2n) is 5.54. The average Bonchev–Trinajstić information content (AvgIpc) is 3.17. The number of amides is 1. The van der Waals surface area contributed by atoms with Crippen molar-refractivity contribution in [2.24, 2.45) is 5.10 Å². The van der Waals surface area contributed by atoms with Crippen LogP contribution in [0.3, 0.4) is 0 Å². The van der Waals surface area contributed by atoms with Crippen molar-refractivity contribution in [1.29, 1.82) is 0 Å². The van der Waals surface area contributed by atoms with Crippen LogP contribution in [0, 0.1) is 0 Å². The molecule has 0 atom stereocenters. The number of hydrogen-bond donors (Lipinski definition) is 1. The fourth-order valence-electron chi connectivity index (χ4n) is 2.33. The highest BCUT2D eigenvalue weighted by Gasteiger charge is 2.10. The van der Waals surface area contributed by atoms with E-state index in [1.54, 1.807) is 55.5 Å². The van der Waals surface area contributed by atoms with Gasteiger partial charge in [-0.25, -0.2) is 15.2 Å². The summed E-state index contributed by atoms with van der Waals surface area (Å²) in [5.74, 6) is 0.196. The highest BCUT2D eigenvalue weighted by atomic mass is 35.5. The number of pyridine rings is 1. The molecule has 0 aliphatic rings. The Kier molecular flexibility index (Phi) is 6.18. The van der Waals surface area contributed by atoms with Crippen molar-refractivity contribution in [1.82, 2.24) is 10.4 Å². The molecule has 0 aliphatic heterocycles. The molecule has 0 aliphatic carbocycles. The number of carbonyl (C=O) groups is 2. The third-order valence-corrected chi connectivity index (χ3v) is 3.97. The Labute approximate surface area is 166 Å². The van der Waals surface area contributed by atoms with Gasteiger partial charge in [0.25, 0.3) is 5.91 Å². The van der Waals surface area contributed by atoms with Crippen LogP contribution in [0.1, 0.15) is 33.4 Å². The number of aromatic nitrogens is 1. The van der Waals surface area contributed by atoms with Gasteiger partial charge >= 0.3 is 5.97 Å². The van der Waals surface area contributed by atoms with Crippen LogP contribution in [0.25, 0.3) is 11.3 Å². The second kappa shape index (κ2) is 8.96. The summed E-state index contributed by atoms with van der Waals surface area (Å²) in [6, 6.07) is 13.5. The number of halogens is 1. The monoisotopic (exact) mass is 397 g/mol. The van der Waals surface area contributed by atoms with E-state index in [1.165, 1.54) is 12.4 Å². The topological polar surface area (TPSA) is 93.8 Å². The van der Waals surface area contributed by atoms with Crippen LogP contribution in [0.2, 0.25) is 5.15 Å². The summed E-state index contributed by atoms with van der Waals surface area (Å²) >= 11 is 5.86. The smallest absolute Gasteiger partial charge is 0.338 e. The quantitative estimate of drug-likeness (QED) is 0.294. The Bertz CT molecular complexity index is 1010.